The zero-order valence-corrected chi connectivity index (χ0v) is 12.0. The molecule has 0 saturated carbocycles. The van der Waals surface area contributed by atoms with Crippen molar-refractivity contribution in [2.45, 2.75) is 53.0 Å². The third kappa shape index (κ3) is 4.07. The Morgan fingerprint density at radius 1 is 1.29 bits per heavy atom. The topological polar surface area (TPSA) is 54.5 Å². The van der Waals surface area contributed by atoms with E-state index in [2.05, 4.69) is 0 Å². The second kappa shape index (κ2) is 5.06. The van der Waals surface area contributed by atoms with Gasteiger partial charge in [-0.25, -0.2) is 8.42 Å². The van der Waals surface area contributed by atoms with E-state index in [9.17, 15) is 13.2 Å². The fourth-order valence-electron chi connectivity index (χ4n) is 2.27. The molecule has 1 aliphatic heterocycles. The van der Waals surface area contributed by atoms with Crippen molar-refractivity contribution in [3.8, 4) is 0 Å². The van der Waals surface area contributed by atoms with Gasteiger partial charge in [-0.2, -0.15) is 4.31 Å². The average molecular weight is 261 g/mol. The number of hydrogen-bond donors (Lipinski definition) is 0. The number of hydrogen-bond acceptors (Lipinski definition) is 3. The fraction of sp³-hybridized carbons (Fsp3) is 0.917. The first-order chi connectivity index (χ1) is 7.63. The van der Waals surface area contributed by atoms with Crippen molar-refractivity contribution in [1.82, 2.24) is 4.31 Å². The van der Waals surface area contributed by atoms with Crippen LogP contribution < -0.4 is 0 Å². The van der Waals surface area contributed by atoms with Crippen LogP contribution in [0.25, 0.3) is 0 Å². The minimum Gasteiger partial charge on any atom is -0.298 e. The Kier molecular flexibility index (Phi) is 4.36. The van der Waals surface area contributed by atoms with Gasteiger partial charge in [0.25, 0.3) is 0 Å². The van der Waals surface area contributed by atoms with Gasteiger partial charge in [0.2, 0.25) is 10.0 Å². The molecular formula is C12H23NO3S. The molecule has 0 spiro atoms. The molecule has 0 amide bonds. The van der Waals surface area contributed by atoms with E-state index in [1.165, 1.54) is 11.2 Å². The van der Waals surface area contributed by atoms with Crippen molar-refractivity contribution >= 4 is 15.8 Å². The van der Waals surface area contributed by atoms with Crippen LogP contribution in [-0.4, -0.2) is 36.8 Å². The molecule has 0 aromatic heterocycles. The Hall–Kier alpha value is -0.420. The maximum Gasteiger partial charge on any atom is 0.215 e. The molecule has 1 aliphatic rings. The zero-order valence-electron chi connectivity index (χ0n) is 11.2. The summed E-state index contributed by atoms with van der Waals surface area (Å²) in [5.41, 5.74) is -0.280. The number of nitrogens with zero attached hydrogens (tertiary/aromatic N) is 1. The molecule has 4 nitrogen and oxygen atoms in total. The Labute approximate surface area is 104 Å². The molecule has 0 aliphatic carbocycles. The molecule has 1 unspecified atom stereocenters. The van der Waals surface area contributed by atoms with Gasteiger partial charge in [0.05, 0.1) is 11.8 Å². The van der Waals surface area contributed by atoms with Crippen molar-refractivity contribution in [3.63, 3.8) is 0 Å². The highest BCUT2D eigenvalue weighted by Crippen LogP contribution is 2.25. The largest absolute Gasteiger partial charge is 0.298 e. The number of sulfonamides is 1. The summed E-state index contributed by atoms with van der Waals surface area (Å²) in [6.07, 6.45) is 2.46. The molecule has 0 N–H and O–H groups in total. The van der Waals surface area contributed by atoms with E-state index >= 15 is 0 Å². The van der Waals surface area contributed by atoms with Crippen LogP contribution in [0.4, 0.5) is 0 Å². The molecule has 1 rings (SSSR count). The van der Waals surface area contributed by atoms with Gasteiger partial charge in [-0.3, -0.25) is 4.79 Å². The van der Waals surface area contributed by atoms with E-state index in [0.29, 0.717) is 13.0 Å². The Bertz CT molecular complexity index is 381. The first-order valence-electron chi connectivity index (χ1n) is 6.13. The van der Waals surface area contributed by atoms with Crippen LogP contribution in [0.1, 0.15) is 47.0 Å². The minimum absolute atomic E-state index is 0.0396. The monoisotopic (exact) mass is 261 g/mol. The molecule has 0 aromatic carbocycles. The van der Waals surface area contributed by atoms with Crippen LogP contribution in [0, 0.1) is 5.41 Å². The van der Waals surface area contributed by atoms with Crippen LogP contribution in [0.15, 0.2) is 0 Å². The molecule has 0 aromatic rings. The van der Waals surface area contributed by atoms with Crippen molar-refractivity contribution in [2.24, 2.45) is 5.41 Å². The van der Waals surface area contributed by atoms with Gasteiger partial charge in [-0.15, -0.1) is 0 Å². The molecule has 0 bridgehead atoms. The fourth-order valence-corrected chi connectivity index (χ4v) is 4.58. The molecular weight excluding hydrogens is 238 g/mol. The maximum absolute atomic E-state index is 12.3. The highest BCUT2D eigenvalue weighted by molar-refractivity contribution is 7.89. The molecule has 100 valence electrons. The summed E-state index contributed by atoms with van der Waals surface area (Å²) in [6, 6.07) is -0.434. The molecule has 5 heteroatoms. The summed E-state index contributed by atoms with van der Waals surface area (Å²) in [5, 5.41) is 0. The smallest absolute Gasteiger partial charge is 0.215 e. The van der Waals surface area contributed by atoms with E-state index in [4.69, 9.17) is 0 Å². The van der Waals surface area contributed by atoms with E-state index in [1.807, 2.05) is 20.8 Å². The first kappa shape index (κ1) is 14.6. The Morgan fingerprint density at radius 3 is 2.35 bits per heavy atom. The van der Waals surface area contributed by atoms with Crippen LogP contribution in [0.3, 0.4) is 0 Å². The minimum atomic E-state index is -3.32. The van der Waals surface area contributed by atoms with Crippen molar-refractivity contribution < 1.29 is 13.2 Å². The number of piperidine rings is 1. The summed E-state index contributed by atoms with van der Waals surface area (Å²) in [7, 11) is -3.32. The molecule has 1 atom stereocenters. The van der Waals surface area contributed by atoms with E-state index in [0.717, 1.165) is 12.8 Å². The standard InChI is InChI=1S/C12H23NO3S/c1-10(14)11-7-5-6-8-13(11)17(15,16)9-12(2,3)4/h11H,5-9H2,1-4H3. The SMILES string of the molecule is CC(=O)C1CCCCN1S(=O)(=O)CC(C)(C)C. The summed E-state index contributed by atoms with van der Waals surface area (Å²) in [5.74, 6) is 0.0613. The van der Waals surface area contributed by atoms with Gasteiger partial charge in [0.1, 0.15) is 5.78 Å². The van der Waals surface area contributed by atoms with Crippen LogP contribution in [-0.2, 0) is 14.8 Å². The second-order valence-corrected chi connectivity index (χ2v) is 7.97. The molecule has 0 radical (unpaired) electrons. The number of ketones is 1. The predicted molar refractivity (Wildman–Crippen MR) is 68.3 cm³/mol. The van der Waals surface area contributed by atoms with Gasteiger partial charge in [-0.05, 0) is 25.2 Å². The third-order valence-electron chi connectivity index (χ3n) is 2.90. The van der Waals surface area contributed by atoms with Crippen LogP contribution >= 0.6 is 0 Å². The molecule has 1 fully saturated rings. The number of carbonyl (C=O) groups excluding carboxylic acids is 1. The van der Waals surface area contributed by atoms with E-state index in [-0.39, 0.29) is 17.0 Å². The quantitative estimate of drug-likeness (QED) is 0.778. The van der Waals surface area contributed by atoms with Gasteiger partial charge in [0.15, 0.2) is 0 Å². The Morgan fingerprint density at radius 2 is 1.88 bits per heavy atom. The van der Waals surface area contributed by atoms with Crippen LogP contribution in [0.2, 0.25) is 0 Å². The number of carbonyl (C=O) groups is 1. The number of rotatable bonds is 3. The third-order valence-corrected chi connectivity index (χ3v) is 5.28. The van der Waals surface area contributed by atoms with Gasteiger partial charge >= 0.3 is 0 Å². The normalized spacial score (nSPS) is 23.6. The van der Waals surface area contributed by atoms with Gasteiger partial charge in [-0.1, -0.05) is 27.2 Å². The van der Waals surface area contributed by atoms with Crippen molar-refractivity contribution in [3.05, 3.63) is 0 Å². The average Bonchev–Trinajstić information content (AvgIpc) is 2.14. The lowest BCUT2D eigenvalue weighted by atomic mass is 10.0. The predicted octanol–water partition coefficient (Wildman–Crippen LogP) is 1.81. The highest BCUT2D eigenvalue weighted by Gasteiger charge is 2.36. The summed E-state index contributed by atoms with van der Waals surface area (Å²) in [6.45, 7) is 7.67. The molecule has 1 saturated heterocycles. The van der Waals surface area contributed by atoms with E-state index < -0.39 is 16.1 Å². The highest BCUT2D eigenvalue weighted by atomic mass is 32.2. The second-order valence-electron chi connectivity index (χ2n) is 6.05. The van der Waals surface area contributed by atoms with E-state index in [1.54, 1.807) is 0 Å². The lowest BCUT2D eigenvalue weighted by molar-refractivity contribution is -0.121. The first-order valence-corrected chi connectivity index (χ1v) is 7.74. The maximum atomic E-state index is 12.3. The molecule has 1 heterocycles. The van der Waals surface area contributed by atoms with Crippen molar-refractivity contribution in [2.75, 3.05) is 12.3 Å². The lowest BCUT2D eigenvalue weighted by Gasteiger charge is -2.34. The van der Waals surface area contributed by atoms with Gasteiger partial charge in [0, 0.05) is 6.54 Å². The van der Waals surface area contributed by atoms with Gasteiger partial charge < -0.3 is 0 Å². The van der Waals surface area contributed by atoms with Crippen molar-refractivity contribution in [1.29, 1.82) is 0 Å². The van der Waals surface area contributed by atoms with Crippen LogP contribution in [0.5, 0.6) is 0 Å². The molecule has 17 heavy (non-hydrogen) atoms. The summed E-state index contributed by atoms with van der Waals surface area (Å²) >= 11 is 0. The Balaban J connectivity index is 2.91. The zero-order chi connectivity index (χ0) is 13.3. The number of Topliss-reactive ketones (excluding diaryl/α,β-unsaturated/α-hetero) is 1. The summed E-state index contributed by atoms with van der Waals surface area (Å²) < 4.78 is 26.0. The summed E-state index contributed by atoms with van der Waals surface area (Å²) in [4.78, 5) is 11.5. The lowest BCUT2D eigenvalue weighted by Crippen LogP contribution is -2.49.